The average molecular weight is 313 g/mol. The second-order valence-corrected chi connectivity index (χ2v) is 5.33. The van der Waals surface area contributed by atoms with Gasteiger partial charge in [-0.25, -0.2) is 0 Å². The number of rotatable bonds is 5. The van der Waals surface area contributed by atoms with Crippen molar-refractivity contribution < 1.29 is 9.26 Å². The van der Waals surface area contributed by atoms with Crippen LogP contribution in [0, 0.1) is 6.92 Å². The van der Waals surface area contributed by atoms with Crippen molar-refractivity contribution in [1.29, 1.82) is 0 Å². The SMILES string of the molecule is COc1ccc(-c2noc(NC(C)c3cnn(C)c3C)n2)cc1. The smallest absolute Gasteiger partial charge is 0.322 e. The van der Waals surface area contributed by atoms with E-state index in [2.05, 4.69) is 20.6 Å². The van der Waals surface area contributed by atoms with Crippen LogP contribution in [0.4, 0.5) is 6.01 Å². The summed E-state index contributed by atoms with van der Waals surface area (Å²) < 4.78 is 12.3. The maximum atomic E-state index is 5.28. The normalized spacial score (nSPS) is 12.2. The second kappa shape index (κ2) is 6.12. The molecule has 2 aromatic heterocycles. The topological polar surface area (TPSA) is 78.0 Å². The van der Waals surface area contributed by atoms with Crippen LogP contribution in [-0.2, 0) is 7.05 Å². The molecular formula is C16H19N5O2. The standard InChI is InChI=1S/C16H19N5O2/c1-10(14-9-17-21(3)11(14)2)18-16-19-15(20-23-16)12-5-7-13(22-4)8-6-12/h5-10H,1-4H3,(H,18,19,20). The number of nitrogens with one attached hydrogen (secondary N) is 1. The van der Waals surface area contributed by atoms with Gasteiger partial charge in [-0.3, -0.25) is 4.68 Å². The molecular weight excluding hydrogens is 294 g/mol. The minimum atomic E-state index is 0.0212. The Bertz CT molecular complexity index is 791. The maximum Gasteiger partial charge on any atom is 0.322 e. The molecule has 0 saturated heterocycles. The molecule has 0 amide bonds. The Morgan fingerprint density at radius 3 is 2.61 bits per heavy atom. The van der Waals surface area contributed by atoms with Gasteiger partial charge in [0.1, 0.15) is 5.75 Å². The zero-order valence-corrected chi connectivity index (χ0v) is 13.6. The number of methoxy groups -OCH3 is 1. The summed E-state index contributed by atoms with van der Waals surface area (Å²) in [6, 6.07) is 7.91. The molecule has 0 aliphatic heterocycles. The zero-order chi connectivity index (χ0) is 16.4. The number of benzene rings is 1. The summed E-state index contributed by atoms with van der Waals surface area (Å²) >= 11 is 0. The van der Waals surface area contributed by atoms with Crippen LogP contribution in [0.5, 0.6) is 5.75 Å². The van der Waals surface area contributed by atoms with Crippen molar-refractivity contribution in [2.24, 2.45) is 7.05 Å². The van der Waals surface area contributed by atoms with Crippen molar-refractivity contribution in [2.75, 3.05) is 12.4 Å². The third-order valence-electron chi connectivity index (χ3n) is 3.85. The molecule has 23 heavy (non-hydrogen) atoms. The molecule has 3 rings (SSSR count). The van der Waals surface area contributed by atoms with Gasteiger partial charge in [-0.15, -0.1) is 0 Å². The van der Waals surface area contributed by atoms with Gasteiger partial charge >= 0.3 is 6.01 Å². The molecule has 7 heteroatoms. The Kier molecular flexibility index (Phi) is 4.01. The Labute approximate surface area is 134 Å². The quantitative estimate of drug-likeness (QED) is 0.780. The van der Waals surface area contributed by atoms with Crippen molar-refractivity contribution in [2.45, 2.75) is 19.9 Å². The summed E-state index contributed by atoms with van der Waals surface area (Å²) in [5.74, 6) is 1.32. The largest absolute Gasteiger partial charge is 0.497 e. The van der Waals surface area contributed by atoms with E-state index in [1.807, 2.05) is 56.0 Å². The van der Waals surface area contributed by atoms with Crippen molar-refractivity contribution in [3.63, 3.8) is 0 Å². The Morgan fingerprint density at radius 1 is 1.26 bits per heavy atom. The first kappa shape index (κ1) is 15.1. The van der Waals surface area contributed by atoms with Crippen LogP contribution in [-0.4, -0.2) is 27.0 Å². The van der Waals surface area contributed by atoms with Crippen LogP contribution in [0.2, 0.25) is 0 Å². The summed E-state index contributed by atoms with van der Waals surface area (Å²) in [6.07, 6.45) is 1.84. The van der Waals surface area contributed by atoms with E-state index in [4.69, 9.17) is 9.26 Å². The fraction of sp³-hybridized carbons (Fsp3) is 0.312. The van der Waals surface area contributed by atoms with Crippen molar-refractivity contribution in [3.05, 3.63) is 41.7 Å². The molecule has 0 aliphatic rings. The highest BCUT2D eigenvalue weighted by atomic mass is 16.5. The lowest BCUT2D eigenvalue weighted by atomic mass is 10.1. The third-order valence-corrected chi connectivity index (χ3v) is 3.85. The number of aromatic nitrogens is 4. The number of ether oxygens (including phenoxy) is 1. The van der Waals surface area contributed by atoms with Gasteiger partial charge in [0.05, 0.1) is 19.3 Å². The lowest BCUT2D eigenvalue weighted by molar-refractivity contribution is 0.414. The minimum absolute atomic E-state index is 0.0212. The van der Waals surface area contributed by atoms with E-state index in [9.17, 15) is 0 Å². The molecule has 0 fully saturated rings. The summed E-state index contributed by atoms with van der Waals surface area (Å²) in [4.78, 5) is 4.38. The average Bonchev–Trinajstić information content (AvgIpc) is 3.15. The molecule has 0 radical (unpaired) electrons. The van der Waals surface area contributed by atoms with Gasteiger partial charge < -0.3 is 14.6 Å². The predicted octanol–water partition coefficient (Wildman–Crippen LogP) is 2.96. The van der Waals surface area contributed by atoms with Crippen molar-refractivity contribution in [1.82, 2.24) is 19.9 Å². The van der Waals surface area contributed by atoms with E-state index in [0.717, 1.165) is 22.6 Å². The lowest BCUT2D eigenvalue weighted by Gasteiger charge is -2.10. The number of anilines is 1. The molecule has 0 bridgehead atoms. The Balaban J connectivity index is 1.75. The molecule has 7 nitrogen and oxygen atoms in total. The molecule has 0 saturated carbocycles. The third kappa shape index (κ3) is 3.03. The lowest BCUT2D eigenvalue weighted by Crippen LogP contribution is -2.08. The van der Waals surface area contributed by atoms with E-state index >= 15 is 0 Å². The molecule has 1 aromatic carbocycles. The molecule has 3 aromatic rings. The van der Waals surface area contributed by atoms with E-state index in [0.29, 0.717) is 11.8 Å². The Hall–Kier alpha value is -2.83. The maximum absolute atomic E-state index is 5.28. The monoisotopic (exact) mass is 313 g/mol. The van der Waals surface area contributed by atoms with E-state index in [-0.39, 0.29) is 6.04 Å². The molecule has 0 spiro atoms. The summed E-state index contributed by atoms with van der Waals surface area (Å²) in [5, 5.41) is 11.5. The molecule has 2 heterocycles. The number of aryl methyl sites for hydroxylation is 1. The first-order chi connectivity index (χ1) is 11.1. The highest BCUT2D eigenvalue weighted by Gasteiger charge is 2.15. The van der Waals surface area contributed by atoms with Crippen molar-refractivity contribution >= 4 is 6.01 Å². The first-order valence-corrected chi connectivity index (χ1v) is 7.31. The van der Waals surface area contributed by atoms with E-state index in [1.165, 1.54) is 0 Å². The number of hydrogen-bond acceptors (Lipinski definition) is 6. The molecule has 1 unspecified atom stereocenters. The predicted molar refractivity (Wildman–Crippen MR) is 86.3 cm³/mol. The highest BCUT2D eigenvalue weighted by molar-refractivity contribution is 5.56. The van der Waals surface area contributed by atoms with Crippen LogP contribution in [0.15, 0.2) is 35.0 Å². The van der Waals surface area contributed by atoms with Gasteiger partial charge in [0.25, 0.3) is 0 Å². The fourth-order valence-electron chi connectivity index (χ4n) is 2.34. The van der Waals surface area contributed by atoms with Gasteiger partial charge in [-0.2, -0.15) is 10.1 Å². The van der Waals surface area contributed by atoms with E-state index < -0.39 is 0 Å². The second-order valence-electron chi connectivity index (χ2n) is 5.33. The number of hydrogen-bond donors (Lipinski definition) is 1. The Morgan fingerprint density at radius 2 is 2.00 bits per heavy atom. The fourth-order valence-corrected chi connectivity index (χ4v) is 2.34. The summed E-state index contributed by atoms with van der Waals surface area (Å²) in [6.45, 7) is 4.05. The summed E-state index contributed by atoms with van der Waals surface area (Å²) in [5.41, 5.74) is 3.06. The van der Waals surface area contributed by atoms with E-state index in [1.54, 1.807) is 7.11 Å². The van der Waals surface area contributed by atoms with Gasteiger partial charge in [0.15, 0.2) is 0 Å². The van der Waals surface area contributed by atoms with Crippen LogP contribution in [0.3, 0.4) is 0 Å². The molecule has 0 aliphatic carbocycles. The number of nitrogens with zero attached hydrogens (tertiary/aromatic N) is 4. The first-order valence-electron chi connectivity index (χ1n) is 7.31. The van der Waals surface area contributed by atoms with Gasteiger partial charge in [-0.1, -0.05) is 5.16 Å². The van der Waals surface area contributed by atoms with Gasteiger partial charge in [-0.05, 0) is 38.1 Å². The van der Waals surface area contributed by atoms with Crippen LogP contribution in [0.1, 0.15) is 24.2 Å². The van der Waals surface area contributed by atoms with Crippen LogP contribution < -0.4 is 10.1 Å². The highest BCUT2D eigenvalue weighted by Crippen LogP contribution is 2.24. The zero-order valence-electron chi connectivity index (χ0n) is 13.6. The molecule has 1 N–H and O–H groups in total. The van der Waals surface area contributed by atoms with Crippen LogP contribution in [0.25, 0.3) is 11.4 Å². The minimum Gasteiger partial charge on any atom is -0.497 e. The van der Waals surface area contributed by atoms with Gasteiger partial charge in [0, 0.05) is 23.9 Å². The molecule has 120 valence electrons. The molecule has 1 atom stereocenters. The summed E-state index contributed by atoms with van der Waals surface area (Å²) in [7, 11) is 3.55. The van der Waals surface area contributed by atoms with Gasteiger partial charge in [0.2, 0.25) is 5.82 Å². The van der Waals surface area contributed by atoms with Crippen molar-refractivity contribution in [3.8, 4) is 17.1 Å². The van der Waals surface area contributed by atoms with Crippen LogP contribution >= 0.6 is 0 Å².